The Morgan fingerprint density at radius 2 is 1.75 bits per heavy atom. The highest BCUT2D eigenvalue weighted by molar-refractivity contribution is 6.08. The Morgan fingerprint density at radius 3 is 2.42 bits per heavy atom. The van der Waals surface area contributed by atoms with Crippen molar-refractivity contribution in [2.75, 3.05) is 26.2 Å². The van der Waals surface area contributed by atoms with Gasteiger partial charge in [0.05, 0.1) is 5.69 Å². The molecule has 1 N–H and O–H groups in total. The second kappa shape index (κ2) is 9.03. The zero-order chi connectivity index (χ0) is 17.4. The van der Waals surface area contributed by atoms with Crippen LogP contribution in [0.25, 0.3) is 0 Å². The molecule has 0 saturated heterocycles. The molecule has 2 rings (SSSR count). The molecule has 0 fully saturated rings. The quantitative estimate of drug-likeness (QED) is 0.718. The van der Waals surface area contributed by atoms with Gasteiger partial charge in [-0.1, -0.05) is 44.2 Å². The molecule has 24 heavy (non-hydrogen) atoms. The van der Waals surface area contributed by atoms with Crippen molar-refractivity contribution >= 4 is 11.7 Å². The van der Waals surface area contributed by atoms with Crippen molar-refractivity contribution in [3.63, 3.8) is 0 Å². The van der Waals surface area contributed by atoms with E-state index in [0.717, 1.165) is 19.6 Å². The normalized spacial score (nSPS) is 10.8. The third-order valence-electron chi connectivity index (χ3n) is 4.06. The Kier molecular flexibility index (Phi) is 6.75. The van der Waals surface area contributed by atoms with E-state index >= 15 is 0 Å². The summed E-state index contributed by atoms with van der Waals surface area (Å²) in [5.41, 5.74) is 1.15. The van der Waals surface area contributed by atoms with Gasteiger partial charge in [0.2, 0.25) is 11.7 Å². The molecule has 1 amide bonds. The zero-order valence-corrected chi connectivity index (χ0v) is 14.4. The first-order valence-corrected chi connectivity index (χ1v) is 8.39. The predicted molar refractivity (Wildman–Crippen MR) is 95.1 cm³/mol. The van der Waals surface area contributed by atoms with Crippen molar-refractivity contribution in [3.8, 4) is 0 Å². The van der Waals surface area contributed by atoms with Crippen LogP contribution in [0.5, 0.6) is 0 Å². The molecule has 0 bridgehead atoms. The molecule has 1 heterocycles. The molecule has 1 aromatic carbocycles. The number of hydrogen-bond donors (Lipinski definition) is 1. The maximum absolute atomic E-state index is 12.5. The molecule has 0 atom stereocenters. The van der Waals surface area contributed by atoms with Crippen LogP contribution in [-0.4, -0.2) is 47.3 Å². The molecule has 1 aromatic heterocycles. The van der Waals surface area contributed by atoms with Crippen LogP contribution in [0.1, 0.15) is 29.9 Å². The summed E-state index contributed by atoms with van der Waals surface area (Å²) in [6.45, 7) is 7.75. The van der Waals surface area contributed by atoms with Crippen molar-refractivity contribution in [3.05, 3.63) is 59.9 Å². The topological polar surface area (TPSA) is 54.3 Å². The number of aromatic nitrogens is 1. The molecule has 0 spiro atoms. The summed E-state index contributed by atoms with van der Waals surface area (Å²) in [5.74, 6) is -0.156. The van der Waals surface area contributed by atoms with Gasteiger partial charge in [-0.3, -0.25) is 9.59 Å². The molecule has 0 aliphatic rings. The number of rotatable bonds is 9. The highest BCUT2D eigenvalue weighted by Gasteiger charge is 2.14. The van der Waals surface area contributed by atoms with Crippen LogP contribution >= 0.6 is 0 Å². The zero-order valence-electron chi connectivity index (χ0n) is 14.4. The number of carbonyl (C=O) groups is 2. The van der Waals surface area contributed by atoms with Crippen LogP contribution in [0.3, 0.4) is 0 Å². The van der Waals surface area contributed by atoms with Gasteiger partial charge in [-0.2, -0.15) is 0 Å². The molecule has 0 saturated carbocycles. The van der Waals surface area contributed by atoms with Crippen LogP contribution in [0.2, 0.25) is 0 Å². The fourth-order valence-electron chi connectivity index (χ4n) is 2.60. The fourth-order valence-corrected chi connectivity index (χ4v) is 2.60. The van der Waals surface area contributed by atoms with Gasteiger partial charge in [0.15, 0.2) is 0 Å². The van der Waals surface area contributed by atoms with Crippen LogP contribution in [-0.2, 0) is 11.3 Å². The summed E-state index contributed by atoms with van der Waals surface area (Å²) in [5, 5.41) is 2.91. The van der Waals surface area contributed by atoms with Crippen LogP contribution < -0.4 is 5.32 Å². The summed E-state index contributed by atoms with van der Waals surface area (Å²) in [4.78, 5) is 26.9. The van der Waals surface area contributed by atoms with Crippen molar-refractivity contribution in [2.45, 2.75) is 20.4 Å². The molecular formula is C19H25N3O2. The van der Waals surface area contributed by atoms with Gasteiger partial charge in [-0.05, 0) is 25.2 Å². The van der Waals surface area contributed by atoms with E-state index in [1.807, 2.05) is 18.2 Å². The lowest BCUT2D eigenvalue weighted by atomic mass is 10.1. The maximum Gasteiger partial charge on any atom is 0.239 e. The summed E-state index contributed by atoms with van der Waals surface area (Å²) in [6, 6.07) is 12.6. The Balaban J connectivity index is 1.93. The third-order valence-corrected chi connectivity index (χ3v) is 4.06. The van der Waals surface area contributed by atoms with E-state index in [9.17, 15) is 9.59 Å². The van der Waals surface area contributed by atoms with Crippen molar-refractivity contribution in [2.24, 2.45) is 0 Å². The lowest BCUT2D eigenvalue weighted by Crippen LogP contribution is -2.36. The maximum atomic E-state index is 12.5. The summed E-state index contributed by atoms with van der Waals surface area (Å²) in [6.07, 6.45) is 1.76. The van der Waals surface area contributed by atoms with Gasteiger partial charge in [-0.25, -0.2) is 0 Å². The number of nitrogens with zero attached hydrogens (tertiary/aromatic N) is 2. The van der Waals surface area contributed by atoms with Crippen LogP contribution in [0.15, 0.2) is 48.7 Å². The van der Waals surface area contributed by atoms with E-state index in [2.05, 4.69) is 24.1 Å². The molecule has 0 unspecified atom stereocenters. The number of hydrogen-bond acceptors (Lipinski definition) is 3. The summed E-state index contributed by atoms with van der Waals surface area (Å²) < 4.78 is 1.70. The lowest BCUT2D eigenvalue weighted by Gasteiger charge is -2.18. The standard InChI is InChI=1S/C19H25N3O2/c1-3-21(4-2)14-12-20-18(23)15-22-13-8-11-17(22)19(24)16-9-6-5-7-10-16/h5-11,13H,3-4,12,14-15H2,1-2H3,(H,20,23). The van der Waals surface area contributed by atoms with E-state index in [1.54, 1.807) is 35.0 Å². The number of likely N-dealkylation sites (N-methyl/N-ethyl adjacent to an activating group) is 1. The molecule has 0 radical (unpaired) electrons. The smallest absolute Gasteiger partial charge is 0.239 e. The minimum Gasteiger partial charge on any atom is -0.353 e. The van der Waals surface area contributed by atoms with Crippen LogP contribution in [0, 0.1) is 0 Å². The summed E-state index contributed by atoms with van der Waals surface area (Å²) >= 11 is 0. The monoisotopic (exact) mass is 327 g/mol. The van der Waals surface area contributed by atoms with Gasteiger partial charge < -0.3 is 14.8 Å². The fraction of sp³-hybridized carbons (Fsp3) is 0.368. The average molecular weight is 327 g/mol. The van der Waals surface area contributed by atoms with E-state index in [0.29, 0.717) is 17.8 Å². The average Bonchev–Trinajstić information content (AvgIpc) is 3.07. The van der Waals surface area contributed by atoms with Gasteiger partial charge in [0.25, 0.3) is 0 Å². The highest BCUT2D eigenvalue weighted by atomic mass is 16.2. The van der Waals surface area contributed by atoms with Crippen LogP contribution in [0.4, 0.5) is 0 Å². The first-order valence-electron chi connectivity index (χ1n) is 8.39. The van der Waals surface area contributed by atoms with E-state index in [1.165, 1.54) is 0 Å². The number of benzene rings is 1. The summed E-state index contributed by atoms with van der Waals surface area (Å²) in [7, 11) is 0. The van der Waals surface area contributed by atoms with Crippen molar-refractivity contribution in [1.82, 2.24) is 14.8 Å². The number of ketones is 1. The number of amides is 1. The Hall–Kier alpha value is -2.40. The van der Waals surface area contributed by atoms with Gasteiger partial charge in [0, 0.05) is 24.8 Å². The molecule has 0 aliphatic heterocycles. The third kappa shape index (κ3) is 4.80. The molecule has 5 heteroatoms. The molecule has 128 valence electrons. The minimum atomic E-state index is -0.0829. The highest BCUT2D eigenvalue weighted by Crippen LogP contribution is 2.10. The SMILES string of the molecule is CCN(CC)CCNC(=O)Cn1cccc1C(=O)c1ccccc1. The molecule has 2 aromatic rings. The largest absolute Gasteiger partial charge is 0.353 e. The lowest BCUT2D eigenvalue weighted by molar-refractivity contribution is -0.121. The minimum absolute atomic E-state index is 0.0726. The van der Waals surface area contributed by atoms with E-state index in [4.69, 9.17) is 0 Å². The number of nitrogens with one attached hydrogen (secondary N) is 1. The Morgan fingerprint density at radius 1 is 1.04 bits per heavy atom. The van der Waals surface area contributed by atoms with Crippen molar-refractivity contribution < 1.29 is 9.59 Å². The Bertz CT molecular complexity index is 660. The second-order valence-electron chi connectivity index (χ2n) is 5.59. The molecule has 0 aliphatic carbocycles. The first kappa shape index (κ1) is 17.9. The number of carbonyl (C=O) groups excluding carboxylic acids is 2. The predicted octanol–water partition coefficient (Wildman–Crippen LogP) is 2.18. The second-order valence-corrected chi connectivity index (χ2v) is 5.59. The Labute approximate surface area is 143 Å². The van der Waals surface area contributed by atoms with Gasteiger partial charge >= 0.3 is 0 Å². The van der Waals surface area contributed by atoms with Gasteiger partial charge in [-0.15, -0.1) is 0 Å². The van der Waals surface area contributed by atoms with Gasteiger partial charge in [0.1, 0.15) is 6.54 Å². The van der Waals surface area contributed by atoms with E-state index in [-0.39, 0.29) is 18.2 Å². The first-order chi connectivity index (χ1) is 11.7. The molecule has 5 nitrogen and oxygen atoms in total. The van der Waals surface area contributed by atoms with E-state index < -0.39 is 0 Å². The van der Waals surface area contributed by atoms with Crippen molar-refractivity contribution in [1.29, 1.82) is 0 Å². The molecular weight excluding hydrogens is 302 g/mol.